The van der Waals surface area contributed by atoms with Gasteiger partial charge >= 0.3 is 0 Å². The predicted octanol–water partition coefficient (Wildman–Crippen LogP) is 1.15. The van der Waals surface area contributed by atoms with Crippen molar-refractivity contribution in [1.29, 1.82) is 0 Å². The molecule has 0 fully saturated rings. The minimum absolute atomic E-state index is 0.0312. The second-order valence-electron chi connectivity index (χ2n) is 3.43. The summed E-state index contributed by atoms with van der Waals surface area (Å²) in [5, 5.41) is 5.97. The van der Waals surface area contributed by atoms with Gasteiger partial charge < -0.3 is 10.6 Å². The van der Waals surface area contributed by atoms with Gasteiger partial charge in [-0.15, -0.1) is 11.3 Å². The molecule has 0 radical (unpaired) electrons. The zero-order valence-corrected chi connectivity index (χ0v) is 9.93. The summed E-state index contributed by atoms with van der Waals surface area (Å²) >= 11 is 1.55. The van der Waals surface area contributed by atoms with E-state index in [1.807, 2.05) is 0 Å². The molecule has 1 aromatic rings. The Morgan fingerprint density at radius 2 is 2.47 bits per heavy atom. The van der Waals surface area contributed by atoms with E-state index in [1.54, 1.807) is 23.0 Å². The molecule has 1 rings (SSSR count). The van der Waals surface area contributed by atoms with E-state index in [-0.39, 0.29) is 5.91 Å². The quantitative estimate of drug-likeness (QED) is 0.766. The summed E-state index contributed by atoms with van der Waals surface area (Å²) in [6.45, 7) is 5.11. The largest absolute Gasteiger partial charge is 0.350 e. The van der Waals surface area contributed by atoms with Crippen molar-refractivity contribution < 1.29 is 4.79 Å². The fraction of sp³-hybridized carbons (Fsp3) is 0.600. The molecule has 0 saturated heterocycles. The van der Waals surface area contributed by atoms with Crippen molar-refractivity contribution in [3.8, 4) is 0 Å². The Morgan fingerprint density at radius 3 is 3.07 bits per heavy atom. The van der Waals surface area contributed by atoms with Crippen LogP contribution < -0.4 is 10.6 Å². The second kappa shape index (κ2) is 6.53. The molecular weight excluding hydrogens is 210 g/mol. The van der Waals surface area contributed by atoms with E-state index < -0.39 is 0 Å². The molecule has 1 amide bonds. The first kappa shape index (κ1) is 12.1. The van der Waals surface area contributed by atoms with Gasteiger partial charge in [-0.3, -0.25) is 9.78 Å². The Labute approximate surface area is 94.1 Å². The Balaban J connectivity index is 2.14. The number of thiazole rings is 1. The van der Waals surface area contributed by atoms with E-state index in [0.717, 1.165) is 11.3 Å². The molecule has 1 heterocycles. The highest BCUT2D eigenvalue weighted by Gasteiger charge is 2.03. The molecule has 0 spiro atoms. The van der Waals surface area contributed by atoms with E-state index in [1.165, 1.54) is 0 Å². The number of hydrogen-bond acceptors (Lipinski definition) is 4. The molecule has 0 aliphatic heterocycles. The van der Waals surface area contributed by atoms with Crippen LogP contribution in [0, 0.1) is 0 Å². The third-order valence-electron chi connectivity index (χ3n) is 2.17. The summed E-state index contributed by atoms with van der Waals surface area (Å²) in [4.78, 5) is 16.4. The van der Waals surface area contributed by atoms with Gasteiger partial charge in [-0.05, 0) is 13.3 Å². The molecule has 0 aromatic carbocycles. The number of aromatic nitrogens is 1. The molecule has 5 heteroatoms. The Bertz CT molecular complexity index is 287. The van der Waals surface area contributed by atoms with Crippen molar-refractivity contribution in [2.24, 2.45) is 0 Å². The third-order valence-corrected chi connectivity index (χ3v) is 2.95. The maximum atomic E-state index is 11.4. The minimum Gasteiger partial charge on any atom is -0.350 e. The summed E-state index contributed by atoms with van der Waals surface area (Å²) < 4.78 is 0. The summed E-state index contributed by atoms with van der Waals surface area (Å²) in [5.74, 6) is 0.0312. The molecule has 0 aliphatic carbocycles. The van der Waals surface area contributed by atoms with Crippen molar-refractivity contribution in [3.63, 3.8) is 0 Å². The van der Waals surface area contributed by atoms with Crippen molar-refractivity contribution in [1.82, 2.24) is 15.6 Å². The lowest BCUT2D eigenvalue weighted by molar-refractivity contribution is -0.120. The number of rotatable bonds is 6. The van der Waals surface area contributed by atoms with Crippen LogP contribution in [0.3, 0.4) is 0 Å². The van der Waals surface area contributed by atoms with Crippen LogP contribution in [0.4, 0.5) is 0 Å². The standard InChI is InChI=1S/C10H17N3OS/c1-3-8(2)12-6-10(14)13-5-9-4-11-7-15-9/h4,7-8,12H,3,5-6H2,1-2H3,(H,13,14). The van der Waals surface area contributed by atoms with Crippen molar-refractivity contribution in [3.05, 3.63) is 16.6 Å². The van der Waals surface area contributed by atoms with Crippen LogP contribution in [0.2, 0.25) is 0 Å². The molecule has 1 aromatic heterocycles. The van der Waals surface area contributed by atoms with Gasteiger partial charge in [0.2, 0.25) is 5.91 Å². The molecule has 15 heavy (non-hydrogen) atoms. The van der Waals surface area contributed by atoms with Gasteiger partial charge in [0, 0.05) is 17.1 Å². The highest BCUT2D eigenvalue weighted by atomic mass is 32.1. The van der Waals surface area contributed by atoms with Gasteiger partial charge in [0.1, 0.15) is 0 Å². The Kier molecular flexibility index (Phi) is 5.28. The van der Waals surface area contributed by atoms with Gasteiger partial charge in [0.15, 0.2) is 0 Å². The first-order valence-electron chi connectivity index (χ1n) is 5.09. The van der Waals surface area contributed by atoms with Crippen LogP contribution in [0.25, 0.3) is 0 Å². The van der Waals surface area contributed by atoms with Crippen LogP contribution in [0.15, 0.2) is 11.7 Å². The molecule has 1 unspecified atom stereocenters. The number of carbonyl (C=O) groups excluding carboxylic acids is 1. The number of nitrogens with one attached hydrogen (secondary N) is 2. The lowest BCUT2D eigenvalue weighted by atomic mass is 10.2. The lowest BCUT2D eigenvalue weighted by Crippen LogP contribution is -2.37. The molecule has 4 nitrogen and oxygen atoms in total. The van der Waals surface area contributed by atoms with Crippen LogP contribution in [0.1, 0.15) is 25.1 Å². The zero-order chi connectivity index (χ0) is 11.1. The first-order valence-corrected chi connectivity index (χ1v) is 5.97. The van der Waals surface area contributed by atoms with E-state index in [4.69, 9.17) is 0 Å². The summed E-state index contributed by atoms with van der Waals surface area (Å²) in [7, 11) is 0. The van der Waals surface area contributed by atoms with Crippen LogP contribution in [-0.2, 0) is 11.3 Å². The van der Waals surface area contributed by atoms with Gasteiger partial charge in [-0.2, -0.15) is 0 Å². The second-order valence-corrected chi connectivity index (χ2v) is 4.41. The van der Waals surface area contributed by atoms with Crippen LogP contribution in [-0.4, -0.2) is 23.5 Å². The van der Waals surface area contributed by atoms with Gasteiger partial charge in [0.25, 0.3) is 0 Å². The highest BCUT2D eigenvalue weighted by molar-refractivity contribution is 7.09. The van der Waals surface area contributed by atoms with E-state index in [2.05, 4.69) is 29.5 Å². The number of amides is 1. The average molecular weight is 227 g/mol. The molecule has 84 valence electrons. The summed E-state index contributed by atoms with van der Waals surface area (Å²) in [5.41, 5.74) is 1.76. The van der Waals surface area contributed by atoms with E-state index in [0.29, 0.717) is 19.1 Å². The van der Waals surface area contributed by atoms with Crippen molar-refractivity contribution in [2.45, 2.75) is 32.9 Å². The third kappa shape index (κ3) is 4.90. The zero-order valence-electron chi connectivity index (χ0n) is 9.12. The van der Waals surface area contributed by atoms with Gasteiger partial charge in [-0.25, -0.2) is 0 Å². The number of nitrogens with zero attached hydrogens (tertiary/aromatic N) is 1. The van der Waals surface area contributed by atoms with E-state index >= 15 is 0 Å². The lowest BCUT2D eigenvalue weighted by Gasteiger charge is -2.10. The maximum absolute atomic E-state index is 11.4. The predicted molar refractivity (Wildman–Crippen MR) is 61.7 cm³/mol. The monoisotopic (exact) mass is 227 g/mol. The van der Waals surface area contributed by atoms with Crippen molar-refractivity contribution in [2.75, 3.05) is 6.54 Å². The summed E-state index contributed by atoms with van der Waals surface area (Å²) in [6, 6.07) is 0.388. The van der Waals surface area contributed by atoms with Crippen LogP contribution >= 0.6 is 11.3 Å². The summed E-state index contributed by atoms with van der Waals surface area (Å²) in [6.07, 6.45) is 2.80. The van der Waals surface area contributed by atoms with Gasteiger partial charge in [-0.1, -0.05) is 6.92 Å². The van der Waals surface area contributed by atoms with E-state index in [9.17, 15) is 4.79 Å². The fourth-order valence-corrected chi connectivity index (χ4v) is 1.52. The number of carbonyl (C=O) groups is 1. The Morgan fingerprint density at radius 1 is 1.67 bits per heavy atom. The Hall–Kier alpha value is -0.940. The SMILES string of the molecule is CCC(C)NCC(=O)NCc1cncs1. The molecule has 0 aliphatic rings. The minimum atomic E-state index is 0.0312. The average Bonchev–Trinajstić information content (AvgIpc) is 2.75. The molecule has 0 saturated carbocycles. The molecule has 0 bridgehead atoms. The molecular formula is C10H17N3OS. The topological polar surface area (TPSA) is 54.0 Å². The maximum Gasteiger partial charge on any atom is 0.234 e. The van der Waals surface area contributed by atoms with Crippen LogP contribution in [0.5, 0.6) is 0 Å². The fourth-order valence-electron chi connectivity index (χ4n) is 0.989. The molecule has 1 atom stereocenters. The smallest absolute Gasteiger partial charge is 0.234 e. The first-order chi connectivity index (χ1) is 7.22. The molecule has 2 N–H and O–H groups in total. The number of hydrogen-bond donors (Lipinski definition) is 2. The normalized spacial score (nSPS) is 12.4. The highest BCUT2D eigenvalue weighted by Crippen LogP contribution is 2.03. The van der Waals surface area contributed by atoms with Crippen molar-refractivity contribution >= 4 is 17.2 Å². The van der Waals surface area contributed by atoms with Gasteiger partial charge in [0.05, 0.1) is 18.6 Å².